The molecule has 2 rings (SSSR count). The Morgan fingerprint density at radius 1 is 1.45 bits per heavy atom. The van der Waals surface area contributed by atoms with E-state index < -0.39 is 0 Å². The number of aromatic amines is 1. The number of hydrogen-bond donors (Lipinski definition) is 2. The van der Waals surface area contributed by atoms with Crippen molar-refractivity contribution in [1.82, 2.24) is 20.1 Å². The minimum Gasteiger partial charge on any atom is -0.370 e. The van der Waals surface area contributed by atoms with Crippen LogP contribution in [0.25, 0.3) is 0 Å². The highest BCUT2D eigenvalue weighted by Crippen LogP contribution is 2.22. The van der Waals surface area contributed by atoms with Gasteiger partial charge in [0.05, 0.1) is 12.4 Å². The van der Waals surface area contributed by atoms with Crippen molar-refractivity contribution in [2.24, 2.45) is 5.73 Å². The van der Waals surface area contributed by atoms with Crippen LogP contribution in [-0.4, -0.2) is 26.7 Å². The fourth-order valence-corrected chi connectivity index (χ4v) is 2.00. The first-order valence-corrected chi connectivity index (χ1v) is 6.92. The Morgan fingerprint density at radius 3 is 2.95 bits per heavy atom. The normalized spacial score (nSPS) is 14.3. The molecule has 0 radical (unpaired) electrons. The Bertz CT molecular complexity index is 491. The van der Waals surface area contributed by atoms with E-state index in [1.54, 1.807) is 12.5 Å². The molecule has 2 atom stereocenters. The zero-order valence-electron chi connectivity index (χ0n) is 11.9. The summed E-state index contributed by atoms with van der Waals surface area (Å²) in [6, 6.07) is -0.347. The van der Waals surface area contributed by atoms with Gasteiger partial charge in [-0.05, 0) is 13.3 Å². The zero-order chi connectivity index (χ0) is 14.4. The smallest absolute Gasteiger partial charge is 0.244 e. The first kappa shape index (κ1) is 14.7. The average molecular weight is 279 g/mol. The second-order valence-electron chi connectivity index (χ2n) is 4.61. The van der Waals surface area contributed by atoms with Crippen molar-refractivity contribution >= 4 is 0 Å². The summed E-state index contributed by atoms with van der Waals surface area (Å²) >= 11 is 0. The lowest BCUT2D eigenvalue weighted by Crippen LogP contribution is -2.14. The van der Waals surface area contributed by atoms with Gasteiger partial charge in [0.2, 0.25) is 11.7 Å². The van der Waals surface area contributed by atoms with Gasteiger partial charge in [-0.25, -0.2) is 4.98 Å². The Balaban J connectivity index is 2.03. The zero-order valence-corrected chi connectivity index (χ0v) is 11.9. The summed E-state index contributed by atoms with van der Waals surface area (Å²) in [5.41, 5.74) is 7.00. The van der Waals surface area contributed by atoms with Crippen molar-refractivity contribution in [3.8, 4) is 0 Å². The minimum absolute atomic E-state index is 0.123. The van der Waals surface area contributed by atoms with E-state index in [4.69, 9.17) is 15.0 Å². The average Bonchev–Trinajstić information content (AvgIpc) is 3.09. The summed E-state index contributed by atoms with van der Waals surface area (Å²) in [5.74, 6) is 0.999. The molecule has 0 saturated carbocycles. The van der Waals surface area contributed by atoms with E-state index in [0.29, 0.717) is 24.7 Å². The molecule has 7 heteroatoms. The van der Waals surface area contributed by atoms with Crippen molar-refractivity contribution in [3.05, 3.63) is 29.9 Å². The summed E-state index contributed by atoms with van der Waals surface area (Å²) in [6.07, 6.45) is 5.67. The van der Waals surface area contributed by atoms with Gasteiger partial charge >= 0.3 is 0 Å². The lowest BCUT2D eigenvalue weighted by Gasteiger charge is -2.11. The van der Waals surface area contributed by atoms with Crippen LogP contribution in [0.2, 0.25) is 0 Å². The monoisotopic (exact) mass is 279 g/mol. The summed E-state index contributed by atoms with van der Waals surface area (Å²) in [4.78, 5) is 11.3. The topological polar surface area (TPSA) is 103 Å². The second kappa shape index (κ2) is 7.16. The third-order valence-electron chi connectivity index (χ3n) is 2.98. The van der Waals surface area contributed by atoms with Gasteiger partial charge in [-0.2, -0.15) is 4.98 Å². The van der Waals surface area contributed by atoms with Crippen molar-refractivity contribution < 1.29 is 9.26 Å². The van der Waals surface area contributed by atoms with Crippen LogP contribution in [0.15, 0.2) is 17.0 Å². The highest BCUT2D eigenvalue weighted by molar-refractivity contribution is 5.03. The molecule has 2 aromatic rings. The SMILES string of the molecule is CCCC(OCC)c1noc(C(N)Cc2cnc[nH]2)n1. The van der Waals surface area contributed by atoms with Crippen molar-refractivity contribution in [1.29, 1.82) is 0 Å². The molecule has 0 spiro atoms. The van der Waals surface area contributed by atoms with Gasteiger partial charge in [-0.1, -0.05) is 18.5 Å². The molecule has 0 fully saturated rings. The summed E-state index contributed by atoms with van der Waals surface area (Å²) in [6.45, 7) is 4.67. The number of aromatic nitrogens is 4. The van der Waals surface area contributed by atoms with Gasteiger partial charge in [0, 0.05) is 24.9 Å². The molecular weight excluding hydrogens is 258 g/mol. The molecule has 0 bridgehead atoms. The van der Waals surface area contributed by atoms with Gasteiger partial charge in [-0.3, -0.25) is 0 Å². The lowest BCUT2D eigenvalue weighted by molar-refractivity contribution is 0.0477. The van der Waals surface area contributed by atoms with Crippen LogP contribution in [0.4, 0.5) is 0 Å². The molecule has 0 aliphatic heterocycles. The van der Waals surface area contributed by atoms with E-state index in [1.807, 2.05) is 6.92 Å². The second-order valence-corrected chi connectivity index (χ2v) is 4.61. The maximum Gasteiger partial charge on any atom is 0.244 e. The molecule has 0 aliphatic carbocycles. The Kier molecular flexibility index (Phi) is 5.25. The number of imidazole rings is 1. The van der Waals surface area contributed by atoms with Crippen LogP contribution in [0.3, 0.4) is 0 Å². The molecule has 0 aromatic carbocycles. The van der Waals surface area contributed by atoms with Crippen LogP contribution in [0, 0.1) is 0 Å². The minimum atomic E-state index is -0.347. The molecule has 2 unspecified atom stereocenters. The van der Waals surface area contributed by atoms with Crippen LogP contribution in [0.1, 0.15) is 56.2 Å². The third-order valence-corrected chi connectivity index (χ3v) is 2.98. The van der Waals surface area contributed by atoms with Gasteiger partial charge < -0.3 is 20.0 Å². The van der Waals surface area contributed by atoms with Gasteiger partial charge in [0.1, 0.15) is 6.10 Å². The quantitative estimate of drug-likeness (QED) is 0.765. The Morgan fingerprint density at radius 2 is 2.30 bits per heavy atom. The maximum atomic E-state index is 6.06. The number of hydrogen-bond acceptors (Lipinski definition) is 6. The van der Waals surface area contributed by atoms with E-state index in [0.717, 1.165) is 18.5 Å². The summed E-state index contributed by atoms with van der Waals surface area (Å²) in [5, 5.41) is 3.99. The van der Waals surface area contributed by atoms with Gasteiger partial charge in [0.25, 0.3) is 0 Å². The van der Waals surface area contributed by atoms with E-state index in [-0.39, 0.29) is 12.1 Å². The highest BCUT2D eigenvalue weighted by atomic mass is 16.5. The molecule has 0 saturated heterocycles. The van der Waals surface area contributed by atoms with E-state index in [9.17, 15) is 0 Å². The van der Waals surface area contributed by atoms with Gasteiger partial charge in [0.15, 0.2) is 0 Å². The van der Waals surface area contributed by atoms with E-state index >= 15 is 0 Å². The fourth-order valence-electron chi connectivity index (χ4n) is 2.00. The summed E-state index contributed by atoms with van der Waals surface area (Å²) in [7, 11) is 0. The predicted octanol–water partition coefficient (Wildman–Crippen LogP) is 1.91. The molecule has 2 aromatic heterocycles. The number of nitrogens with two attached hydrogens (primary N) is 1. The first-order valence-electron chi connectivity index (χ1n) is 6.92. The van der Waals surface area contributed by atoms with E-state index in [2.05, 4.69) is 27.0 Å². The van der Waals surface area contributed by atoms with Crippen LogP contribution >= 0.6 is 0 Å². The molecule has 3 N–H and O–H groups in total. The maximum absolute atomic E-state index is 6.06. The molecule has 7 nitrogen and oxygen atoms in total. The molecule has 0 aliphatic rings. The Hall–Kier alpha value is -1.73. The molecule has 110 valence electrons. The van der Waals surface area contributed by atoms with Crippen molar-refractivity contribution in [2.75, 3.05) is 6.61 Å². The largest absolute Gasteiger partial charge is 0.370 e. The highest BCUT2D eigenvalue weighted by Gasteiger charge is 2.21. The number of rotatable bonds is 8. The fraction of sp³-hybridized carbons (Fsp3) is 0.615. The molecule has 20 heavy (non-hydrogen) atoms. The van der Waals surface area contributed by atoms with Crippen molar-refractivity contribution in [3.63, 3.8) is 0 Å². The molecular formula is C13H21N5O2. The number of H-pyrrole nitrogens is 1. The number of nitrogens with zero attached hydrogens (tertiary/aromatic N) is 3. The predicted molar refractivity (Wildman–Crippen MR) is 72.8 cm³/mol. The summed E-state index contributed by atoms with van der Waals surface area (Å²) < 4.78 is 10.9. The van der Waals surface area contributed by atoms with Crippen LogP contribution in [0.5, 0.6) is 0 Å². The number of nitrogens with one attached hydrogen (secondary N) is 1. The van der Waals surface area contributed by atoms with Crippen molar-refractivity contribution in [2.45, 2.75) is 45.3 Å². The lowest BCUT2D eigenvalue weighted by atomic mass is 10.1. The first-order chi connectivity index (χ1) is 9.74. The Labute approximate surface area is 117 Å². The van der Waals surface area contributed by atoms with Gasteiger partial charge in [-0.15, -0.1) is 0 Å². The number of ether oxygens (including phenoxy) is 1. The molecule has 0 amide bonds. The standard InChI is InChI=1S/C13H21N5O2/c1-3-5-11(19-4-2)12-17-13(20-18-12)10(14)6-9-7-15-8-16-9/h7-8,10-11H,3-6,14H2,1-2H3,(H,15,16). The van der Waals surface area contributed by atoms with Crippen LogP contribution < -0.4 is 5.73 Å². The van der Waals surface area contributed by atoms with Crippen LogP contribution in [-0.2, 0) is 11.2 Å². The van der Waals surface area contributed by atoms with E-state index in [1.165, 1.54) is 0 Å². The molecule has 2 heterocycles. The third kappa shape index (κ3) is 3.64.